The first-order valence-electron chi connectivity index (χ1n) is 13.4. The van der Waals surface area contributed by atoms with Crippen molar-refractivity contribution < 1.29 is 49.4 Å². The Hall–Kier alpha value is -0.530. The molecule has 0 fully saturated rings. The largest absolute Gasteiger partial charge is 2.00 e. The number of carbonyl (C=O) groups is 2. The zero-order valence-corrected chi connectivity index (χ0v) is 28.4. The molecule has 204 valence electrons. The summed E-state index contributed by atoms with van der Waals surface area (Å²) in [7, 11) is 0. The van der Waals surface area contributed by atoms with Crippen molar-refractivity contribution in [3.05, 3.63) is 35.9 Å². The summed E-state index contributed by atoms with van der Waals surface area (Å²) in [6.45, 7) is 7.70. The number of carboxylic acid groups (broad SMARTS) is 1. The minimum absolute atomic E-state index is 0. The molecule has 0 spiro atoms. The van der Waals surface area contributed by atoms with Crippen LogP contribution in [-0.4, -0.2) is 40.6 Å². The van der Waals surface area contributed by atoms with E-state index < -0.39 is 17.5 Å². The first-order valence-corrected chi connectivity index (χ1v) is 13.4. The van der Waals surface area contributed by atoms with Crippen LogP contribution in [0.5, 0.6) is 0 Å². The standard InChI is InChI=1S/C18H36O2.C11H14O3.Mg.O.Zn/c1-2-3-4-5-6-7-8-9-10-11-12-13-14-15-16-17-18(19)20;1-11(2,3)14-13-10(12)9-7-5-4-6-8-9;;;/h2-17H2,1H3,(H,19,20);4-8H,1-3H3;;;/q;;+2;-2;+2/p-1. The molecule has 8 heteroatoms. The molecule has 0 N–H and O–H groups in total. The molecule has 0 aliphatic carbocycles. The first-order chi connectivity index (χ1) is 16.3. The van der Waals surface area contributed by atoms with E-state index in [0.29, 0.717) is 5.56 Å². The minimum Gasteiger partial charge on any atom is -2.00 e. The van der Waals surface area contributed by atoms with E-state index >= 15 is 0 Å². The van der Waals surface area contributed by atoms with Crippen molar-refractivity contribution in [2.45, 2.75) is 136 Å². The summed E-state index contributed by atoms with van der Waals surface area (Å²) in [5.74, 6) is -1.37. The summed E-state index contributed by atoms with van der Waals surface area (Å²) in [5, 5.41) is 10.2. The fraction of sp³-hybridized carbons (Fsp3) is 0.724. The molecule has 0 amide bonds. The first kappa shape index (κ1) is 43.5. The Morgan fingerprint density at radius 1 is 0.730 bits per heavy atom. The molecule has 1 aromatic rings. The van der Waals surface area contributed by atoms with Crippen LogP contribution in [0.4, 0.5) is 0 Å². The van der Waals surface area contributed by atoms with Crippen LogP contribution in [0.3, 0.4) is 0 Å². The van der Waals surface area contributed by atoms with Crippen LogP contribution in [0.15, 0.2) is 30.3 Å². The Labute approximate surface area is 255 Å². The van der Waals surface area contributed by atoms with Gasteiger partial charge in [0.25, 0.3) is 0 Å². The second-order valence-corrected chi connectivity index (χ2v) is 10.0. The molecule has 6 nitrogen and oxygen atoms in total. The maximum Gasteiger partial charge on any atom is 2.00 e. The molecule has 37 heavy (non-hydrogen) atoms. The Balaban J connectivity index is -0.000000285. The molecule has 1 aromatic carbocycles. The van der Waals surface area contributed by atoms with Crippen molar-refractivity contribution in [3.8, 4) is 0 Å². The van der Waals surface area contributed by atoms with E-state index in [4.69, 9.17) is 4.89 Å². The van der Waals surface area contributed by atoms with Gasteiger partial charge >= 0.3 is 48.5 Å². The molecule has 0 atom stereocenters. The predicted octanol–water partition coefficient (Wildman–Crippen LogP) is 7.07. The number of aliphatic carboxylic acids is 1. The van der Waals surface area contributed by atoms with E-state index in [1.54, 1.807) is 24.3 Å². The van der Waals surface area contributed by atoms with Gasteiger partial charge in [-0.3, -0.25) is 4.89 Å². The van der Waals surface area contributed by atoms with Crippen molar-refractivity contribution in [3.63, 3.8) is 0 Å². The number of hydrogen-bond donors (Lipinski definition) is 0. The van der Waals surface area contributed by atoms with Gasteiger partial charge in [-0.1, -0.05) is 115 Å². The van der Waals surface area contributed by atoms with E-state index in [2.05, 4.69) is 11.8 Å². The summed E-state index contributed by atoms with van der Waals surface area (Å²) in [6.07, 6.45) is 19.9. The van der Waals surface area contributed by atoms with Crippen LogP contribution in [-0.2, 0) is 39.5 Å². The van der Waals surface area contributed by atoms with E-state index in [1.807, 2.05) is 26.8 Å². The van der Waals surface area contributed by atoms with Gasteiger partial charge < -0.3 is 15.4 Å². The monoisotopic (exact) mass is 581 g/mol. The van der Waals surface area contributed by atoms with Gasteiger partial charge in [0.15, 0.2) is 0 Å². The number of carbonyl (C=O) groups excluding carboxylic acids is 2. The summed E-state index contributed by atoms with van der Waals surface area (Å²) in [4.78, 5) is 31.1. The maximum atomic E-state index is 11.3. The van der Waals surface area contributed by atoms with Crippen LogP contribution in [0.2, 0.25) is 0 Å². The van der Waals surface area contributed by atoms with Crippen molar-refractivity contribution in [1.82, 2.24) is 0 Å². The predicted molar refractivity (Wildman–Crippen MR) is 144 cm³/mol. The minimum atomic E-state index is -0.903. The quantitative estimate of drug-likeness (QED) is 0.0796. The Kier molecular flexibility index (Phi) is 35.3. The molecule has 0 unspecified atom stereocenters. The fourth-order valence-corrected chi connectivity index (χ4v) is 3.43. The average molecular weight is 583 g/mol. The third kappa shape index (κ3) is 33.4. The normalized spacial score (nSPS) is 10.1. The van der Waals surface area contributed by atoms with Gasteiger partial charge in [-0.15, -0.1) is 0 Å². The molecular weight excluding hydrogens is 534 g/mol. The molecule has 0 aliphatic heterocycles. The maximum absolute atomic E-state index is 11.3. The van der Waals surface area contributed by atoms with Crippen LogP contribution in [0.1, 0.15) is 141 Å². The molecule has 0 saturated heterocycles. The Bertz CT molecular complexity index is 623. The number of hydrogen-bond acceptors (Lipinski definition) is 5. The van der Waals surface area contributed by atoms with Gasteiger partial charge in [0.05, 0.1) is 5.56 Å². The van der Waals surface area contributed by atoms with Gasteiger partial charge in [-0.05, 0) is 45.7 Å². The molecule has 1 rings (SSSR count). The Morgan fingerprint density at radius 3 is 1.46 bits per heavy atom. The van der Waals surface area contributed by atoms with Crippen LogP contribution in [0.25, 0.3) is 0 Å². The molecule has 0 saturated carbocycles. The third-order valence-corrected chi connectivity index (χ3v) is 5.36. The van der Waals surface area contributed by atoms with Crippen molar-refractivity contribution >= 4 is 35.0 Å². The molecule has 0 bridgehead atoms. The van der Waals surface area contributed by atoms with E-state index in [9.17, 15) is 14.7 Å². The smallest absolute Gasteiger partial charge is 2.00 e. The van der Waals surface area contributed by atoms with Gasteiger partial charge in [0.1, 0.15) is 5.60 Å². The van der Waals surface area contributed by atoms with Gasteiger partial charge in [0, 0.05) is 5.97 Å². The van der Waals surface area contributed by atoms with E-state index in [1.165, 1.54) is 83.5 Å². The van der Waals surface area contributed by atoms with Crippen molar-refractivity contribution in [2.75, 3.05) is 0 Å². The van der Waals surface area contributed by atoms with Crippen molar-refractivity contribution in [2.24, 2.45) is 0 Å². The summed E-state index contributed by atoms with van der Waals surface area (Å²) in [5.41, 5.74) is 0.00140. The zero-order chi connectivity index (χ0) is 25.5. The molecule has 0 heterocycles. The van der Waals surface area contributed by atoms with E-state index in [0.717, 1.165) is 12.8 Å². The van der Waals surface area contributed by atoms with Crippen molar-refractivity contribution in [1.29, 1.82) is 0 Å². The second kappa shape index (κ2) is 30.0. The molecular formula is C29H49MgO6Zn+. The number of benzene rings is 1. The van der Waals surface area contributed by atoms with Gasteiger partial charge in [-0.25, -0.2) is 4.79 Å². The van der Waals surface area contributed by atoms with Gasteiger partial charge in [0.2, 0.25) is 0 Å². The van der Waals surface area contributed by atoms with Crippen LogP contribution >= 0.6 is 0 Å². The number of carboxylic acids is 1. The third-order valence-electron chi connectivity index (χ3n) is 5.36. The summed E-state index contributed by atoms with van der Waals surface area (Å²) < 4.78 is 0. The van der Waals surface area contributed by atoms with Crippen LogP contribution < -0.4 is 5.11 Å². The summed E-state index contributed by atoms with van der Waals surface area (Å²) >= 11 is 0. The average Bonchev–Trinajstić information content (AvgIpc) is 2.80. The van der Waals surface area contributed by atoms with Gasteiger partial charge in [-0.2, -0.15) is 4.89 Å². The Morgan fingerprint density at radius 2 is 1.11 bits per heavy atom. The second-order valence-electron chi connectivity index (χ2n) is 10.0. The SMILES string of the molecule is CC(C)(C)OOC(=O)c1ccccc1.CCCCCCCCCCCCCCCCCC(=O)[O-].[Mg+2].[O-2].[Zn+2]. The number of rotatable bonds is 18. The summed E-state index contributed by atoms with van der Waals surface area (Å²) in [6, 6.07) is 8.73. The van der Waals surface area contributed by atoms with E-state index in [-0.39, 0.29) is 54.4 Å². The zero-order valence-electron chi connectivity index (χ0n) is 24.1. The van der Waals surface area contributed by atoms with Crippen LogP contribution in [0, 0.1) is 0 Å². The number of unbranched alkanes of at least 4 members (excludes halogenated alkanes) is 14. The fourth-order valence-electron chi connectivity index (χ4n) is 3.43. The molecule has 0 aromatic heterocycles. The topological polar surface area (TPSA) is 104 Å². The molecule has 0 aliphatic rings. The molecule has 0 radical (unpaired) electrons.